The van der Waals surface area contributed by atoms with E-state index in [0.29, 0.717) is 44.7 Å². The van der Waals surface area contributed by atoms with Gasteiger partial charge in [0.15, 0.2) is 5.69 Å². The number of halogens is 3. The molecule has 2 amide bonds. The van der Waals surface area contributed by atoms with Crippen LogP contribution >= 0.6 is 0 Å². The summed E-state index contributed by atoms with van der Waals surface area (Å²) >= 11 is 0. The second-order valence-corrected chi connectivity index (χ2v) is 8.19. The largest absolute Gasteiger partial charge is 0.401 e. The zero-order valence-electron chi connectivity index (χ0n) is 17.5. The van der Waals surface area contributed by atoms with Gasteiger partial charge in [0.1, 0.15) is 0 Å². The van der Waals surface area contributed by atoms with Crippen molar-refractivity contribution in [3.05, 3.63) is 36.3 Å². The van der Waals surface area contributed by atoms with Crippen LogP contribution in [0, 0.1) is 5.92 Å². The van der Waals surface area contributed by atoms with Gasteiger partial charge >= 0.3 is 6.18 Å². The fourth-order valence-corrected chi connectivity index (χ4v) is 4.24. The van der Waals surface area contributed by atoms with Crippen molar-refractivity contribution in [3.8, 4) is 11.3 Å². The van der Waals surface area contributed by atoms with Crippen molar-refractivity contribution in [2.75, 3.05) is 45.8 Å². The lowest BCUT2D eigenvalue weighted by molar-refractivity contribution is -0.153. The quantitative estimate of drug-likeness (QED) is 0.771. The van der Waals surface area contributed by atoms with Crippen molar-refractivity contribution < 1.29 is 22.8 Å². The number of piperazine rings is 1. The molecule has 4 rings (SSSR count). The second kappa shape index (κ2) is 9.27. The van der Waals surface area contributed by atoms with E-state index in [1.54, 1.807) is 28.3 Å². The molecule has 2 aliphatic rings. The number of likely N-dealkylation sites (tertiary alicyclic amines) is 1. The normalized spacial score (nSPS) is 18.7. The predicted molar refractivity (Wildman–Crippen MR) is 110 cm³/mol. The number of nitrogens with zero attached hydrogens (tertiary/aromatic N) is 5. The van der Waals surface area contributed by atoms with Crippen LogP contribution in [0.5, 0.6) is 0 Å². The first-order chi connectivity index (χ1) is 15.3. The highest BCUT2D eigenvalue weighted by Gasteiger charge is 2.35. The summed E-state index contributed by atoms with van der Waals surface area (Å²) in [6, 6.07) is 5.35. The van der Waals surface area contributed by atoms with Crippen molar-refractivity contribution in [1.29, 1.82) is 0 Å². The van der Waals surface area contributed by atoms with Gasteiger partial charge in [-0.25, -0.2) is 0 Å². The number of pyridine rings is 1. The molecule has 0 spiro atoms. The van der Waals surface area contributed by atoms with Crippen LogP contribution in [0.2, 0.25) is 0 Å². The third-order valence-electron chi connectivity index (χ3n) is 6.01. The van der Waals surface area contributed by atoms with E-state index in [9.17, 15) is 22.8 Å². The summed E-state index contributed by atoms with van der Waals surface area (Å²) in [7, 11) is 0. The van der Waals surface area contributed by atoms with Crippen LogP contribution in [0.4, 0.5) is 13.2 Å². The molecule has 2 aromatic heterocycles. The Kier molecular flexibility index (Phi) is 6.45. The van der Waals surface area contributed by atoms with Crippen molar-refractivity contribution in [2.45, 2.75) is 19.0 Å². The van der Waals surface area contributed by atoms with E-state index < -0.39 is 12.7 Å². The number of rotatable bonds is 4. The first-order valence-corrected chi connectivity index (χ1v) is 10.6. The fraction of sp³-hybridized carbons (Fsp3) is 0.524. The Morgan fingerprint density at radius 2 is 1.66 bits per heavy atom. The lowest BCUT2D eigenvalue weighted by Crippen LogP contribution is -2.53. The van der Waals surface area contributed by atoms with E-state index >= 15 is 0 Å². The smallest absolute Gasteiger partial charge is 0.340 e. The maximum Gasteiger partial charge on any atom is 0.401 e. The molecule has 0 unspecified atom stereocenters. The molecule has 8 nitrogen and oxygen atoms in total. The summed E-state index contributed by atoms with van der Waals surface area (Å²) < 4.78 is 37.6. The van der Waals surface area contributed by atoms with Gasteiger partial charge in [0.25, 0.3) is 5.91 Å². The predicted octanol–water partition coefficient (Wildman–Crippen LogP) is 2.03. The first-order valence-electron chi connectivity index (χ1n) is 10.6. The van der Waals surface area contributed by atoms with Gasteiger partial charge < -0.3 is 9.80 Å². The van der Waals surface area contributed by atoms with Crippen LogP contribution < -0.4 is 0 Å². The highest BCUT2D eigenvalue weighted by atomic mass is 19.4. The Labute approximate surface area is 183 Å². The van der Waals surface area contributed by atoms with Crippen LogP contribution in [0.3, 0.4) is 0 Å². The molecule has 0 aliphatic carbocycles. The number of aromatic nitrogens is 3. The molecule has 172 valence electrons. The number of amides is 2. The topological polar surface area (TPSA) is 85.4 Å². The second-order valence-electron chi connectivity index (χ2n) is 8.19. The number of carbonyl (C=O) groups is 2. The van der Waals surface area contributed by atoms with E-state index in [-0.39, 0.29) is 30.8 Å². The summed E-state index contributed by atoms with van der Waals surface area (Å²) in [4.78, 5) is 34.3. The number of carbonyl (C=O) groups excluding carboxylic acids is 2. The van der Waals surface area contributed by atoms with Gasteiger partial charge in [0, 0.05) is 63.1 Å². The zero-order valence-corrected chi connectivity index (χ0v) is 17.5. The average molecular weight is 450 g/mol. The van der Waals surface area contributed by atoms with Gasteiger partial charge in [-0.05, 0) is 31.0 Å². The van der Waals surface area contributed by atoms with E-state index in [1.165, 1.54) is 4.90 Å². The van der Waals surface area contributed by atoms with E-state index in [1.807, 2.05) is 12.1 Å². The number of alkyl halides is 3. The third kappa shape index (κ3) is 5.26. The molecule has 2 aromatic rings. The number of nitrogens with one attached hydrogen (secondary N) is 1. The maximum absolute atomic E-state index is 12.8. The SMILES string of the molecule is O=C(c1cc(-c2ccncc2)[nH]n1)N1CCC(C(=O)N2CCN(CC(F)(F)F)CC2)CC1. The summed E-state index contributed by atoms with van der Waals surface area (Å²) in [5, 5.41) is 7.00. The number of hydrogen-bond donors (Lipinski definition) is 1. The van der Waals surface area contributed by atoms with E-state index in [0.717, 1.165) is 11.3 Å². The van der Waals surface area contributed by atoms with Crippen LogP contribution in [0.15, 0.2) is 30.6 Å². The summed E-state index contributed by atoms with van der Waals surface area (Å²) in [5.74, 6) is -0.420. The number of piperidine rings is 1. The van der Waals surface area contributed by atoms with Gasteiger partial charge in [-0.1, -0.05) is 0 Å². The highest BCUT2D eigenvalue weighted by molar-refractivity contribution is 5.93. The van der Waals surface area contributed by atoms with Crippen LogP contribution in [-0.2, 0) is 4.79 Å². The molecule has 11 heteroatoms. The zero-order chi connectivity index (χ0) is 22.7. The summed E-state index contributed by atoms with van der Waals surface area (Å²) in [6.07, 6.45) is 0.175. The van der Waals surface area contributed by atoms with Gasteiger partial charge in [-0.3, -0.25) is 24.6 Å². The minimum atomic E-state index is -4.22. The minimum absolute atomic E-state index is 0.0245. The first kappa shape index (κ1) is 22.3. The Hall–Kier alpha value is -2.95. The molecule has 0 atom stereocenters. The standard InChI is InChI=1S/C21H25F3N6O2/c22-21(23,24)14-28-9-11-30(12-10-28)19(31)16-3-7-29(8-4-16)20(32)18-13-17(26-27-18)15-1-5-25-6-2-15/h1-2,5-6,13,16H,3-4,7-12,14H2,(H,26,27). The molecular formula is C21H25F3N6O2. The molecular weight excluding hydrogens is 425 g/mol. The van der Waals surface area contributed by atoms with Crippen molar-refractivity contribution in [2.24, 2.45) is 5.92 Å². The van der Waals surface area contributed by atoms with E-state index in [4.69, 9.17) is 0 Å². The lowest BCUT2D eigenvalue weighted by atomic mass is 9.94. The molecule has 0 aromatic carbocycles. The Morgan fingerprint density at radius 3 is 2.28 bits per heavy atom. The van der Waals surface area contributed by atoms with Gasteiger partial charge in [-0.2, -0.15) is 18.3 Å². The monoisotopic (exact) mass is 450 g/mol. The number of H-pyrrole nitrogens is 1. The van der Waals surface area contributed by atoms with Gasteiger partial charge in [-0.15, -0.1) is 0 Å². The molecule has 0 saturated carbocycles. The molecule has 2 fully saturated rings. The van der Waals surface area contributed by atoms with Crippen molar-refractivity contribution in [1.82, 2.24) is 29.9 Å². The van der Waals surface area contributed by atoms with Crippen LogP contribution in [-0.4, -0.2) is 93.7 Å². The van der Waals surface area contributed by atoms with Crippen molar-refractivity contribution >= 4 is 11.8 Å². The molecule has 4 heterocycles. The van der Waals surface area contributed by atoms with E-state index in [2.05, 4.69) is 15.2 Å². The van der Waals surface area contributed by atoms with Crippen LogP contribution in [0.25, 0.3) is 11.3 Å². The van der Waals surface area contributed by atoms with Crippen LogP contribution in [0.1, 0.15) is 23.3 Å². The molecule has 0 radical (unpaired) electrons. The summed E-state index contributed by atoms with van der Waals surface area (Å²) in [6.45, 7) is 1.01. The Bertz CT molecular complexity index is 933. The number of aromatic amines is 1. The molecule has 32 heavy (non-hydrogen) atoms. The highest BCUT2D eigenvalue weighted by Crippen LogP contribution is 2.24. The summed E-state index contributed by atoms with van der Waals surface area (Å²) in [5.41, 5.74) is 1.93. The van der Waals surface area contributed by atoms with Crippen molar-refractivity contribution in [3.63, 3.8) is 0 Å². The Morgan fingerprint density at radius 1 is 1.00 bits per heavy atom. The average Bonchev–Trinajstić information content (AvgIpc) is 3.29. The Balaban J connectivity index is 1.27. The molecule has 2 saturated heterocycles. The molecule has 0 bridgehead atoms. The maximum atomic E-state index is 12.8. The lowest BCUT2D eigenvalue weighted by Gasteiger charge is -2.38. The fourth-order valence-electron chi connectivity index (χ4n) is 4.24. The molecule has 1 N–H and O–H groups in total. The molecule has 2 aliphatic heterocycles. The van der Waals surface area contributed by atoms with Gasteiger partial charge in [0.05, 0.1) is 12.2 Å². The minimum Gasteiger partial charge on any atom is -0.340 e. The van der Waals surface area contributed by atoms with Gasteiger partial charge in [0.2, 0.25) is 5.91 Å². The third-order valence-corrected chi connectivity index (χ3v) is 6.01. The number of hydrogen-bond acceptors (Lipinski definition) is 5.